The Hall–Kier alpha value is -3.78. The number of halogens is 1. The average molecular weight is 490 g/mol. The van der Waals surface area contributed by atoms with Gasteiger partial charge in [0.1, 0.15) is 6.61 Å². The van der Waals surface area contributed by atoms with E-state index in [9.17, 15) is 9.59 Å². The lowest BCUT2D eigenvalue weighted by molar-refractivity contribution is -0.127. The van der Waals surface area contributed by atoms with Gasteiger partial charge in [-0.1, -0.05) is 24.2 Å². The highest BCUT2D eigenvalue weighted by molar-refractivity contribution is 6.35. The largest absolute Gasteiger partial charge is 0.488 e. The summed E-state index contributed by atoms with van der Waals surface area (Å²) in [4.78, 5) is 36.2. The van der Waals surface area contributed by atoms with Crippen LogP contribution in [0.25, 0.3) is 33.1 Å². The third-order valence-electron chi connectivity index (χ3n) is 7.12. The fourth-order valence-electron chi connectivity index (χ4n) is 5.36. The van der Waals surface area contributed by atoms with Crippen molar-refractivity contribution in [3.05, 3.63) is 64.2 Å². The number of hydrogen-bond acceptors (Lipinski definition) is 5. The van der Waals surface area contributed by atoms with E-state index in [1.807, 2.05) is 36.1 Å². The molecule has 0 aliphatic carbocycles. The fourth-order valence-corrected chi connectivity index (χ4v) is 5.62. The highest BCUT2D eigenvalue weighted by Crippen LogP contribution is 2.44. The van der Waals surface area contributed by atoms with Crippen LogP contribution < -0.4 is 15.3 Å². The Balaban J connectivity index is 1.51. The number of rotatable bonds is 2. The average Bonchev–Trinajstić information content (AvgIpc) is 3.16. The topological polar surface area (TPSA) is 83.5 Å². The van der Waals surface area contributed by atoms with Crippen LogP contribution in [0.5, 0.6) is 5.75 Å². The van der Waals surface area contributed by atoms with Crippen LogP contribution in [0.4, 0.5) is 5.69 Å². The molecular weight excluding hydrogens is 466 g/mol. The number of nitrogens with one attached hydrogen (secondary N) is 1. The molecule has 9 heteroatoms. The zero-order valence-corrected chi connectivity index (χ0v) is 20.2. The summed E-state index contributed by atoms with van der Waals surface area (Å²) in [7, 11) is 1.75. The number of carbonyl (C=O) groups is 1. The van der Waals surface area contributed by atoms with Crippen LogP contribution in [-0.4, -0.2) is 57.6 Å². The van der Waals surface area contributed by atoms with Gasteiger partial charge >= 0.3 is 5.69 Å². The van der Waals surface area contributed by atoms with Crippen molar-refractivity contribution in [3.63, 3.8) is 0 Å². The van der Waals surface area contributed by atoms with Crippen LogP contribution in [0.3, 0.4) is 0 Å². The zero-order chi connectivity index (χ0) is 24.4. The van der Waals surface area contributed by atoms with E-state index in [4.69, 9.17) is 16.3 Å². The molecule has 8 nitrogen and oxygen atoms in total. The number of aromatic amines is 1. The van der Waals surface area contributed by atoms with Crippen molar-refractivity contribution >= 4 is 45.1 Å². The number of aromatic nitrogens is 3. The first-order valence-electron chi connectivity index (χ1n) is 11.5. The maximum Gasteiger partial charge on any atom is 0.326 e. The summed E-state index contributed by atoms with van der Waals surface area (Å²) in [5, 5.41) is 1.47. The van der Waals surface area contributed by atoms with Crippen LogP contribution >= 0.6 is 11.6 Å². The Bertz CT molecular complexity index is 1600. The van der Waals surface area contributed by atoms with E-state index in [0.717, 1.165) is 44.3 Å². The van der Waals surface area contributed by atoms with Crippen LogP contribution in [-0.2, 0) is 11.8 Å². The van der Waals surface area contributed by atoms with E-state index in [2.05, 4.69) is 21.4 Å². The van der Waals surface area contributed by atoms with Gasteiger partial charge in [0, 0.05) is 48.2 Å². The van der Waals surface area contributed by atoms with Crippen LogP contribution in [0, 0.1) is 6.92 Å². The van der Waals surface area contributed by atoms with E-state index in [-0.39, 0.29) is 17.6 Å². The summed E-state index contributed by atoms with van der Waals surface area (Å²) in [6.07, 6.45) is 3.11. The Morgan fingerprint density at radius 3 is 2.94 bits per heavy atom. The van der Waals surface area contributed by atoms with Gasteiger partial charge < -0.3 is 19.5 Å². The molecule has 2 aliphatic heterocycles. The molecule has 2 aliphatic rings. The minimum Gasteiger partial charge on any atom is -0.488 e. The molecule has 0 saturated carbocycles. The lowest BCUT2D eigenvalue weighted by atomic mass is 9.96. The second-order valence-electron chi connectivity index (χ2n) is 9.11. The van der Waals surface area contributed by atoms with E-state index in [1.165, 1.54) is 6.08 Å². The third kappa shape index (κ3) is 3.24. The van der Waals surface area contributed by atoms with Crippen LogP contribution in [0.15, 0.2) is 47.9 Å². The fraction of sp³-hybridized carbons (Fsp3) is 0.269. The number of benzene rings is 2. The van der Waals surface area contributed by atoms with Gasteiger partial charge in [-0.05, 0) is 36.8 Å². The minimum absolute atomic E-state index is 0.0366. The predicted molar refractivity (Wildman–Crippen MR) is 137 cm³/mol. The third-order valence-corrected chi connectivity index (χ3v) is 7.43. The number of ether oxygens (including phenoxy) is 1. The highest BCUT2D eigenvalue weighted by atomic mass is 35.5. The Labute approximate surface area is 206 Å². The first-order valence-corrected chi connectivity index (χ1v) is 11.9. The molecular formula is C26H24ClN5O3. The van der Waals surface area contributed by atoms with Crippen molar-refractivity contribution in [2.24, 2.45) is 7.05 Å². The maximum absolute atomic E-state index is 12.3. The molecule has 2 aromatic heterocycles. The number of anilines is 1. The molecule has 1 amide bonds. The Morgan fingerprint density at radius 2 is 2.14 bits per heavy atom. The second-order valence-corrected chi connectivity index (χ2v) is 9.52. The Morgan fingerprint density at radius 1 is 1.31 bits per heavy atom. The van der Waals surface area contributed by atoms with Crippen molar-refractivity contribution in [2.75, 3.05) is 31.1 Å². The van der Waals surface area contributed by atoms with E-state index >= 15 is 0 Å². The van der Waals surface area contributed by atoms with Gasteiger partial charge in [0.2, 0.25) is 5.91 Å². The molecule has 1 saturated heterocycles. The summed E-state index contributed by atoms with van der Waals surface area (Å²) in [6.45, 7) is 7.97. The van der Waals surface area contributed by atoms with Crippen molar-refractivity contribution in [3.8, 4) is 16.9 Å². The zero-order valence-electron chi connectivity index (χ0n) is 19.5. The number of piperazine rings is 1. The standard InChI is InChI=1S/C26H24ClN5O3/c1-4-22(33)31-7-8-32-15(12-31)13-35-21-11-28-20-10-16(18(27)9-17(20)24(21)32)23-14(2)5-6-19-25(23)30(3)26(34)29-19/h4-6,9-11,15H,1,7-8,12-13H2,2-3H3,(H,29,34)/t15-/m1/s1. The minimum atomic E-state index is -0.173. The number of amides is 1. The number of hydrogen-bond donors (Lipinski definition) is 1. The Kier molecular flexibility index (Phi) is 4.89. The lowest BCUT2D eigenvalue weighted by Gasteiger charge is -2.45. The van der Waals surface area contributed by atoms with Gasteiger partial charge in [-0.3, -0.25) is 14.3 Å². The van der Waals surface area contributed by atoms with Crippen molar-refractivity contribution in [1.29, 1.82) is 0 Å². The second kappa shape index (κ2) is 7.88. The van der Waals surface area contributed by atoms with Gasteiger partial charge in [-0.15, -0.1) is 0 Å². The highest BCUT2D eigenvalue weighted by Gasteiger charge is 2.35. The van der Waals surface area contributed by atoms with E-state index < -0.39 is 0 Å². The van der Waals surface area contributed by atoms with Gasteiger partial charge in [0.15, 0.2) is 5.75 Å². The quantitative estimate of drug-likeness (QED) is 0.435. The first-order chi connectivity index (χ1) is 16.9. The summed E-state index contributed by atoms with van der Waals surface area (Å²) >= 11 is 6.92. The molecule has 4 aromatic rings. The van der Waals surface area contributed by atoms with Crippen molar-refractivity contribution < 1.29 is 9.53 Å². The SMILES string of the molecule is C=CC(=O)N1CCN2c3c(cnc4cc(-c5c(C)ccc6[nH]c(=O)n(C)c56)c(Cl)cc34)OC[C@H]2C1. The molecule has 0 unspecified atom stereocenters. The van der Waals surface area contributed by atoms with Crippen molar-refractivity contribution in [1.82, 2.24) is 19.4 Å². The molecule has 35 heavy (non-hydrogen) atoms. The number of H-pyrrole nitrogens is 1. The lowest BCUT2D eigenvalue weighted by Crippen LogP contribution is -2.58. The van der Waals surface area contributed by atoms with Gasteiger partial charge in [-0.2, -0.15) is 0 Å². The molecule has 6 rings (SSSR count). The predicted octanol–water partition coefficient (Wildman–Crippen LogP) is 3.64. The van der Waals surface area contributed by atoms with E-state index in [1.54, 1.807) is 17.8 Å². The normalized spacial score (nSPS) is 17.3. The van der Waals surface area contributed by atoms with Crippen molar-refractivity contribution in [2.45, 2.75) is 13.0 Å². The van der Waals surface area contributed by atoms with Gasteiger partial charge in [0.05, 0.1) is 34.5 Å². The number of pyridine rings is 1. The molecule has 2 aromatic carbocycles. The summed E-state index contributed by atoms with van der Waals surface area (Å²) < 4.78 is 7.67. The smallest absolute Gasteiger partial charge is 0.326 e. The first kappa shape index (κ1) is 21.7. The molecule has 1 N–H and O–H groups in total. The van der Waals surface area contributed by atoms with Crippen LogP contribution in [0.2, 0.25) is 5.02 Å². The molecule has 1 atom stereocenters. The molecule has 4 heterocycles. The van der Waals surface area contributed by atoms with Crippen LogP contribution in [0.1, 0.15) is 5.56 Å². The summed E-state index contributed by atoms with van der Waals surface area (Å²) in [5.41, 5.74) is 5.87. The van der Waals surface area contributed by atoms with Gasteiger partial charge in [-0.25, -0.2) is 4.79 Å². The summed E-state index contributed by atoms with van der Waals surface area (Å²) in [6, 6.07) is 7.85. The molecule has 0 radical (unpaired) electrons. The van der Waals surface area contributed by atoms with Gasteiger partial charge in [0.25, 0.3) is 0 Å². The number of carbonyl (C=O) groups excluding carboxylic acids is 1. The molecule has 178 valence electrons. The molecule has 1 fully saturated rings. The van der Waals surface area contributed by atoms with E-state index in [0.29, 0.717) is 37.0 Å². The molecule has 0 spiro atoms. The molecule has 0 bridgehead atoms. The number of fused-ring (bicyclic) bond motifs is 6. The number of nitrogens with zero attached hydrogens (tertiary/aromatic N) is 4. The number of aryl methyl sites for hydroxylation is 2. The maximum atomic E-state index is 12.3. The number of imidazole rings is 1. The monoisotopic (exact) mass is 489 g/mol. The summed E-state index contributed by atoms with van der Waals surface area (Å²) in [5.74, 6) is 0.652.